The van der Waals surface area contributed by atoms with Crippen molar-refractivity contribution in [2.24, 2.45) is 0 Å². The van der Waals surface area contributed by atoms with Gasteiger partial charge in [-0.1, -0.05) is 24.6 Å². The van der Waals surface area contributed by atoms with Crippen molar-refractivity contribution in [2.45, 2.75) is 40.2 Å². The van der Waals surface area contributed by atoms with Crippen LogP contribution in [0.4, 0.5) is 5.69 Å². The van der Waals surface area contributed by atoms with Crippen LogP contribution in [-0.2, 0) is 4.79 Å². The average Bonchev–Trinajstić information content (AvgIpc) is 2.97. The Morgan fingerprint density at radius 2 is 2.00 bits per heavy atom. The molecule has 1 aromatic carbocycles. The Kier molecular flexibility index (Phi) is 5.33. The lowest BCUT2D eigenvalue weighted by atomic mass is 10.1. The van der Waals surface area contributed by atoms with Gasteiger partial charge in [0.1, 0.15) is 10.9 Å². The summed E-state index contributed by atoms with van der Waals surface area (Å²) in [6.07, 6.45) is 1.50. The van der Waals surface area contributed by atoms with Gasteiger partial charge in [0, 0.05) is 5.69 Å². The fraction of sp³-hybridized carbons (Fsp3) is 0.300. The van der Waals surface area contributed by atoms with Crippen LogP contribution in [0, 0.1) is 20.8 Å². The Morgan fingerprint density at radius 1 is 1.29 bits per heavy atom. The number of aryl methyl sites for hydroxylation is 3. The quantitative estimate of drug-likeness (QED) is 0.682. The van der Waals surface area contributed by atoms with E-state index >= 15 is 0 Å². The zero-order chi connectivity index (χ0) is 20.6. The third-order valence-electron chi connectivity index (χ3n) is 4.72. The van der Waals surface area contributed by atoms with Crippen molar-refractivity contribution < 1.29 is 14.7 Å². The number of carboxylic acids is 1. The number of carboxylic acid groups (broad SMARTS) is 1. The maximum atomic E-state index is 12.9. The Morgan fingerprint density at radius 3 is 2.61 bits per heavy atom. The number of rotatable bonds is 5. The molecule has 3 aromatic rings. The minimum Gasteiger partial charge on any atom is -0.480 e. The van der Waals surface area contributed by atoms with E-state index in [0.29, 0.717) is 21.0 Å². The van der Waals surface area contributed by atoms with Crippen LogP contribution >= 0.6 is 11.3 Å². The molecule has 1 atom stereocenters. The highest BCUT2D eigenvalue weighted by Gasteiger charge is 2.24. The number of fused-ring (bicyclic) bond motifs is 1. The molecule has 7 nitrogen and oxygen atoms in total. The molecule has 2 heterocycles. The van der Waals surface area contributed by atoms with Crippen molar-refractivity contribution in [3.63, 3.8) is 0 Å². The molecule has 0 aliphatic carbocycles. The molecule has 0 aliphatic rings. The molecule has 0 spiro atoms. The first-order chi connectivity index (χ1) is 13.2. The number of thiophene rings is 1. The molecule has 28 heavy (non-hydrogen) atoms. The van der Waals surface area contributed by atoms with Gasteiger partial charge in [-0.25, -0.2) is 9.78 Å². The largest absolute Gasteiger partial charge is 0.480 e. The van der Waals surface area contributed by atoms with E-state index in [-0.39, 0.29) is 17.7 Å². The number of hydrogen-bond acceptors (Lipinski definition) is 5. The Balaban J connectivity index is 2.04. The van der Waals surface area contributed by atoms with Crippen LogP contribution in [0.3, 0.4) is 0 Å². The molecule has 146 valence electrons. The van der Waals surface area contributed by atoms with E-state index in [2.05, 4.69) is 10.3 Å². The number of carbonyl (C=O) groups is 2. The van der Waals surface area contributed by atoms with Crippen molar-refractivity contribution in [2.75, 3.05) is 5.32 Å². The highest BCUT2D eigenvalue weighted by molar-refractivity contribution is 7.20. The van der Waals surface area contributed by atoms with Crippen molar-refractivity contribution in [1.82, 2.24) is 9.55 Å². The molecule has 0 unspecified atom stereocenters. The molecule has 3 rings (SSSR count). The number of amides is 1. The van der Waals surface area contributed by atoms with Crippen molar-refractivity contribution in [3.8, 4) is 0 Å². The maximum Gasteiger partial charge on any atom is 0.326 e. The van der Waals surface area contributed by atoms with Gasteiger partial charge < -0.3 is 10.4 Å². The van der Waals surface area contributed by atoms with Gasteiger partial charge in [0.05, 0.1) is 16.6 Å². The van der Waals surface area contributed by atoms with Crippen molar-refractivity contribution in [1.29, 1.82) is 0 Å². The third kappa shape index (κ3) is 3.43. The standard InChI is InChI=1S/C20H21N3O4S/c1-5-14(20(26)27)23-9-21-18-15(19(23)25)12(4)16(28-18)17(24)22-13-7-6-10(2)8-11(13)3/h6-9,14H,5H2,1-4H3,(H,22,24)(H,26,27)/t14-/m0/s1. The van der Waals surface area contributed by atoms with E-state index in [0.717, 1.165) is 27.0 Å². The number of nitrogens with one attached hydrogen (secondary N) is 1. The van der Waals surface area contributed by atoms with Gasteiger partial charge in [-0.2, -0.15) is 0 Å². The van der Waals surface area contributed by atoms with Crippen LogP contribution < -0.4 is 10.9 Å². The summed E-state index contributed by atoms with van der Waals surface area (Å²) in [7, 11) is 0. The van der Waals surface area contributed by atoms with Gasteiger partial charge in [0.2, 0.25) is 0 Å². The molecule has 0 radical (unpaired) electrons. The van der Waals surface area contributed by atoms with Crippen LogP contribution in [0.1, 0.15) is 45.7 Å². The third-order valence-corrected chi connectivity index (χ3v) is 5.92. The number of aromatic nitrogens is 2. The smallest absolute Gasteiger partial charge is 0.326 e. The summed E-state index contributed by atoms with van der Waals surface area (Å²) in [5, 5.41) is 12.5. The van der Waals surface area contributed by atoms with Crippen molar-refractivity contribution >= 4 is 39.1 Å². The first-order valence-electron chi connectivity index (χ1n) is 8.86. The second-order valence-corrected chi connectivity index (χ2v) is 7.73. The Labute approximate surface area is 165 Å². The molecule has 0 saturated heterocycles. The lowest BCUT2D eigenvalue weighted by Gasteiger charge is -2.12. The van der Waals surface area contributed by atoms with Gasteiger partial charge in [-0.15, -0.1) is 11.3 Å². The fourth-order valence-corrected chi connectivity index (χ4v) is 4.23. The highest BCUT2D eigenvalue weighted by Crippen LogP contribution is 2.28. The highest BCUT2D eigenvalue weighted by atomic mass is 32.1. The summed E-state index contributed by atoms with van der Waals surface area (Å²) in [5.41, 5.74) is 2.81. The molecule has 2 N–H and O–H groups in total. The summed E-state index contributed by atoms with van der Waals surface area (Å²) in [5.74, 6) is -1.41. The summed E-state index contributed by atoms with van der Waals surface area (Å²) in [4.78, 5) is 42.1. The fourth-order valence-electron chi connectivity index (χ4n) is 3.20. The van der Waals surface area contributed by atoms with Crippen LogP contribution in [0.5, 0.6) is 0 Å². The molecule has 0 fully saturated rings. The van der Waals surface area contributed by atoms with Gasteiger partial charge >= 0.3 is 5.97 Å². The molecule has 8 heteroatoms. The minimum absolute atomic E-state index is 0.256. The monoisotopic (exact) mass is 399 g/mol. The number of benzene rings is 1. The van der Waals surface area contributed by atoms with Crippen LogP contribution in [0.25, 0.3) is 10.2 Å². The zero-order valence-corrected chi connectivity index (χ0v) is 16.9. The lowest BCUT2D eigenvalue weighted by molar-refractivity contribution is -0.141. The van der Waals surface area contributed by atoms with E-state index in [1.165, 1.54) is 6.33 Å². The summed E-state index contributed by atoms with van der Waals surface area (Å²) in [6, 6.07) is 4.74. The first kappa shape index (κ1) is 19.8. The lowest BCUT2D eigenvalue weighted by Crippen LogP contribution is -2.29. The summed E-state index contributed by atoms with van der Waals surface area (Å²) >= 11 is 1.13. The molecular weight excluding hydrogens is 378 g/mol. The minimum atomic E-state index is -1.09. The molecule has 0 aliphatic heterocycles. The number of hydrogen-bond donors (Lipinski definition) is 2. The van der Waals surface area contributed by atoms with Crippen LogP contribution in [-0.4, -0.2) is 26.5 Å². The van der Waals surface area contributed by atoms with E-state index in [1.54, 1.807) is 13.8 Å². The van der Waals surface area contributed by atoms with Gasteiger partial charge in [0.25, 0.3) is 11.5 Å². The second-order valence-electron chi connectivity index (χ2n) is 6.73. The normalized spacial score (nSPS) is 12.1. The summed E-state index contributed by atoms with van der Waals surface area (Å²) < 4.78 is 1.12. The topological polar surface area (TPSA) is 101 Å². The number of aliphatic carboxylic acids is 1. The van der Waals surface area contributed by atoms with E-state index in [1.807, 2.05) is 32.0 Å². The number of anilines is 1. The predicted octanol–water partition coefficient (Wildman–Crippen LogP) is 3.67. The van der Waals surface area contributed by atoms with Gasteiger partial charge in [-0.3, -0.25) is 14.2 Å². The molecular formula is C20H21N3O4S. The Hall–Kier alpha value is -3.00. The second kappa shape index (κ2) is 7.55. The molecule has 2 aromatic heterocycles. The zero-order valence-electron chi connectivity index (χ0n) is 16.1. The molecule has 0 saturated carbocycles. The van der Waals surface area contributed by atoms with E-state index in [9.17, 15) is 19.5 Å². The Bertz CT molecular complexity index is 1150. The maximum absolute atomic E-state index is 12.9. The van der Waals surface area contributed by atoms with Crippen LogP contribution in [0.2, 0.25) is 0 Å². The molecule has 0 bridgehead atoms. The molecule has 1 amide bonds. The van der Waals surface area contributed by atoms with Crippen LogP contribution in [0.15, 0.2) is 29.3 Å². The van der Waals surface area contributed by atoms with Gasteiger partial charge in [0.15, 0.2) is 0 Å². The van der Waals surface area contributed by atoms with E-state index in [4.69, 9.17) is 0 Å². The van der Waals surface area contributed by atoms with Gasteiger partial charge in [-0.05, 0) is 44.4 Å². The predicted molar refractivity (Wildman–Crippen MR) is 109 cm³/mol. The first-order valence-corrected chi connectivity index (χ1v) is 9.67. The number of carbonyl (C=O) groups excluding carboxylic acids is 1. The van der Waals surface area contributed by atoms with Crippen molar-refractivity contribution in [3.05, 3.63) is 56.4 Å². The SMILES string of the molecule is CC[C@@H](C(=O)O)n1cnc2sc(C(=O)Nc3ccc(C)cc3C)c(C)c2c1=O. The van der Waals surface area contributed by atoms with E-state index < -0.39 is 17.6 Å². The summed E-state index contributed by atoms with van der Waals surface area (Å²) in [6.45, 7) is 7.27. The average molecular weight is 399 g/mol. The number of nitrogens with zero attached hydrogens (tertiary/aromatic N) is 2.